The fraction of sp³-hybridized carbons (Fsp3) is 0.429. The Labute approximate surface area is 218 Å². The van der Waals surface area contributed by atoms with Gasteiger partial charge in [0.15, 0.2) is 11.5 Å². The summed E-state index contributed by atoms with van der Waals surface area (Å²) in [5.74, 6) is 0.467. The van der Waals surface area contributed by atoms with Crippen LogP contribution in [0.3, 0.4) is 0 Å². The molecule has 2 aromatic carbocycles. The molecule has 1 heterocycles. The van der Waals surface area contributed by atoms with Crippen molar-refractivity contribution in [3.05, 3.63) is 52.1 Å². The fourth-order valence-electron chi connectivity index (χ4n) is 4.22. The first-order valence-electron chi connectivity index (χ1n) is 12.1. The number of benzene rings is 2. The first-order chi connectivity index (χ1) is 16.6. The summed E-state index contributed by atoms with van der Waals surface area (Å²) in [5.41, 5.74) is 3.84. The number of rotatable bonds is 11. The molecule has 188 valence electrons. The largest absolute Gasteiger partial charge is 0.505 e. The highest BCUT2D eigenvalue weighted by Crippen LogP contribution is 2.38. The van der Waals surface area contributed by atoms with Crippen LogP contribution < -0.4 is 5.32 Å². The van der Waals surface area contributed by atoms with Crippen LogP contribution in [0.1, 0.15) is 56.8 Å². The number of aromatic hydroxyl groups is 1. The van der Waals surface area contributed by atoms with E-state index in [-0.39, 0.29) is 27.6 Å². The van der Waals surface area contributed by atoms with Gasteiger partial charge in [0.2, 0.25) is 0 Å². The Morgan fingerprint density at radius 3 is 2.37 bits per heavy atom. The highest BCUT2D eigenvalue weighted by atomic mass is 35.5. The molecule has 2 atom stereocenters. The van der Waals surface area contributed by atoms with Gasteiger partial charge in [-0.3, -0.25) is 9.78 Å². The van der Waals surface area contributed by atoms with E-state index < -0.39 is 0 Å². The molecule has 5 nitrogen and oxygen atoms in total. The Balaban J connectivity index is 1.97. The van der Waals surface area contributed by atoms with E-state index in [1.807, 2.05) is 18.2 Å². The minimum Gasteiger partial charge on any atom is -0.505 e. The van der Waals surface area contributed by atoms with Gasteiger partial charge >= 0.3 is 0 Å². The van der Waals surface area contributed by atoms with Gasteiger partial charge in [-0.15, -0.1) is 0 Å². The van der Waals surface area contributed by atoms with Crippen LogP contribution in [-0.2, 0) is 0 Å². The second-order valence-electron chi connectivity index (χ2n) is 9.65. The molecule has 0 spiro atoms. The Hall–Kier alpha value is -2.34. The Morgan fingerprint density at radius 1 is 1.09 bits per heavy atom. The summed E-state index contributed by atoms with van der Waals surface area (Å²) in [7, 11) is 4.21. The molecule has 0 aliphatic carbocycles. The van der Waals surface area contributed by atoms with E-state index in [2.05, 4.69) is 43.1 Å². The fourth-order valence-corrected chi connectivity index (χ4v) is 4.70. The molecule has 2 unspecified atom stereocenters. The summed E-state index contributed by atoms with van der Waals surface area (Å²) in [5, 5.41) is 14.9. The molecule has 0 saturated heterocycles. The molecule has 0 fully saturated rings. The van der Waals surface area contributed by atoms with Crippen LogP contribution in [0, 0.1) is 5.92 Å². The van der Waals surface area contributed by atoms with E-state index in [0.29, 0.717) is 11.5 Å². The van der Waals surface area contributed by atoms with Crippen LogP contribution >= 0.6 is 23.2 Å². The third kappa shape index (κ3) is 6.87. The van der Waals surface area contributed by atoms with Crippen molar-refractivity contribution in [1.29, 1.82) is 0 Å². The molecule has 0 saturated carbocycles. The van der Waals surface area contributed by atoms with E-state index in [1.54, 1.807) is 25.3 Å². The molecule has 0 radical (unpaired) electrons. The maximum atomic E-state index is 12.5. The van der Waals surface area contributed by atoms with Crippen molar-refractivity contribution in [2.75, 3.05) is 26.0 Å². The van der Waals surface area contributed by atoms with Crippen molar-refractivity contribution in [3.63, 3.8) is 0 Å². The van der Waals surface area contributed by atoms with Crippen LogP contribution in [0.4, 0.5) is 5.69 Å². The minimum atomic E-state index is -0.133. The van der Waals surface area contributed by atoms with Crippen molar-refractivity contribution < 1.29 is 9.90 Å². The number of pyridine rings is 1. The zero-order valence-corrected chi connectivity index (χ0v) is 22.7. The Bertz CT molecular complexity index is 1170. The number of halogens is 2. The summed E-state index contributed by atoms with van der Waals surface area (Å²) in [6, 6.07) is 9.48. The van der Waals surface area contributed by atoms with Gasteiger partial charge in [-0.25, -0.2) is 0 Å². The van der Waals surface area contributed by atoms with Gasteiger partial charge < -0.3 is 15.3 Å². The molecular weight excluding hydrogens is 481 g/mol. The molecular formula is C28H35Cl2N3O2. The molecule has 0 bridgehead atoms. The number of carbonyl (C=O) groups excluding carboxylic acids is 1. The maximum absolute atomic E-state index is 12.5. The van der Waals surface area contributed by atoms with E-state index in [4.69, 9.17) is 23.2 Å². The van der Waals surface area contributed by atoms with Gasteiger partial charge in [0.1, 0.15) is 0 Å². The average molecular weight is 517 g/mol. The minimum absolute atomic E-state index is 0.0303. The summed E-state index contributed by atoms with van der Waals surface area (Å²) in [6.45, 7) is 7.13. The predicted molar refractivity (Wildman–Crippen MR) is 148 cm³/mol. The summed E-state index contributed by atoms with van der Waals surface area (Å²) in [4.78, 5) is 19.3. The summed E-state index contributed by atoms with van der Waals surface area (Å²) >= 11 is 12.3. The van der Waals surface area contributed by atoms with Gasteiger partial charge in [0.25, 0.3) is 0 Å². The maximum Gasteiger partial charge on any atom is 0.163 e. The number of aromatic nitrogens is 1. The number of phenols is 1. The lowest BCUT2D eigenvalue weighted by Gasteiger charge is -2.23. The van der Waals surface area contributed by atoms with E-state index >= 15 is 0 Å². The Morgan fingerprint density at radius 2 is 1.77 bits per heavy atom. The molecule has 3 aromatic rings. The van der Waals surface area contributed by atoms with Gasteiger partial charge in [-0.1, -0.05) is 43.1 Å². The van der Waals surface area contributed by atoms with Gasteiger partial charge in [-0.05, 0) is 94.6 Å². The Kier molecular flexibility index (Phi) is 9.40. The highest BCUT2D eigenvalue weighted by Gasteiger charge is 2.18. The summed E-state index contributed by atoms with van der Waals surface area (Å²) in [6.07, 6.45) is 5.92. The number of hydrogen-bond donors (Lipinski definition) is 2. The zero-order chi connectivity index (χ0) is 25.7. The van der Waals surface area contributed by atoms with E-state index in [0.717, 1.165) is 53.5 Å². The number of fused-ring (bicyclic) bond motifs is 1. The second-order valence-corrected chi connectivity index (χ2v) is 10.5. The molecule has 0 aliphatic rings. The quantitative estimate of drug-likeness (QED) is 0.256. The lowest BCUT2D eigenvalue weighted by atomic mass is 9.96. The number of nitrogens with zero attached hydrogens (tertiary/aromatic N) is 2. The smallest absolute Gasteiger partial charge is 0.163 e. The standard InChI is InChI=1S/C28H35Cl2N3O2/c1-6-21(9-7-17(2)11-12-33(4)5)32-27-22-13-19(20-14-24(29)28(35)25(30)15-20)8-10-26(22)31-16-23(27)18(3)34/h8,10,13-17,21,35H,6-7,9,11-12H2,1-5H3,(H,31,32). The molecule has 7 heteroatoms. The number of nitrogens with one attached hydrogen (secondary N) is 1. The number of phenolic OH excluding ortho intramolecular Hbond substituents is 1. The van der Waals surface area contributed by atoms with E-state index in [1.165, 1.54) is 6.42 Å². The lowest BCUT2D eigenvalue weighted by Crippen LogP contribution is -2.22. The normalized spacial score (nSPS) is 13.3. The number of hydrogen-bond acceptors (Lipinski definition) is 5. The zero-order valence-electron chi connectivity index (χ0n) is 21.2. The summed E-state index contributed by atoms with van der Waals surface area (Å²) < 4.78 is 0. The van der Waals surface area contributed by atoms with Crippen molar-refractivity contribution >= 4 is 45.6 Å². The molecule has 3 rings (SSSR count). The number of Topliss-reactive ketones (excluding diaryl/α,β-unsaturated/α-hetero) is 1. The van der Waals surface area contributed by atoms with Gasteiger partial charge in [0, 0.05) is 17.6 Å². The van der Waals surface area contributed by atoms with Crippen molar-refractivity contribution in [3.8, 4) is 16.9 Å². The highest BCUT2D eigenvalue weighted by molar-refractivity contribution is 6.37. The van der Waals surface area contributed by atoms with Crippen molar-refractivity contribution in [1.82, 2.24) is 9.88 Å². The van der Waals surface area contributed by atoms with Crippen LogP contribution in [0.5, 0.6) is 5.75 Å². The van der Waals surface area contributed by atoms with E-state index in [9.17, 15) is 9.90 Å². The molecule has 0 aliphatic heterocycles. The average Bonchev–Trinajstić information content (AvgIpc) is 2.82. The van der Waals surface area contributed by atoms with Crippen LogP contribution in [0.15, 0.2) is 36.5 Å². The van der Waals surface area contributed by atoms with Gasteiger partial charge in [-0.2, -0.15) is 0 Å². The number of anilines is 1. The third-order valence-electron chi connectivity index (χ3n) is 6.52. The molecule has 2 N–H and O–H groups in total. The topological polar surface area (TPSA) is 65.5 Å². The van der Waals surface area contributed by atoms with Gasteiger partial charge in [0.05, 0.1) is 26.8 Å². The van der Waals surface area contributed by atoms with Crippen molar-refractivity contribution in [2.24, 2.45) is 5.92 Å². The lowest BCUT2D eigenvalue weighted by molar-refractivity contribution is 0.101. The first-order valence-corrected chi connectivity index (χ1v) is 12.9. The second kappa shape index (κ2) is 12.1. The predicted octanol–water partition coefficient (Wildman–Crippen LogP) is 7.68. The van der Waals surface area contributed by atoms with Crippen LogP contribution in [-0.4, -0.2) is 47.5 Å². The monoisotopic (exact) mass is 515 g/mol. The SMILES string of the molecule is CCC(CCC(C)CCN(C)C)Nc1c(C(C)=O)cnc2ccc(-c3cc(Cl)c(O)c(Cl)c3)cc12. The first kappa shape index (κ1) is 27.3. The third-order valence-corrected chi connectivity index (χ3v) is 7.09. The van der Waals surface area contributed by atoms with Crippen LogP contribution in [0.25, 0.3) is 22.0 Å². The molecule has 1 aromatic heterocycles. The molecule has 35 heavy (non-hydrogen) atoms. The number of ketones is 1. The van der Waals surface area contributed by atoms with Crippen molar-refractivity contribution in [2.45, 2.75) is 52.5 Å². The number of carbonyl (C=O) groups is 1. The molecule has 0 amide bonds. The van der Waals surface area contributed by atoms with Crippen LogP contribution in [0.2, 0.25) is 10.0 Å².